The van der Waals surface area contributed by atoms with Gasteiger partial charge < -0.3 is 10.1 Å². The molecule has 2 nitrogen and oxygen atoms in total. The van der Waals surface area contributed by atoms with E-state index in [4.69, 9.17) is 4.74 Å². The van der Waals surface area contributed by atoms with Gasteiger partial charge in [0, 0.05) is 19.2 Å². The van der Waals surface area contributed by atoms with Gasteiger partial charge in [-0.1, -0.05) is 24.3 Å². The normalized spacial score (nSPS) is 26.3. The van der Waals surface area contributed by atoms with E-state index < -0.39 is 0 Å². The van der Waals surface area contributed by atoms with E-state index in [1.165, 1.54) is 18.4 Å². The highest BCUT2D eigenvalue weighted by Crippen LogP contribution is 2.41. The van der Waals surface area contributed by atoms with Crippen LogP contribution in [0.5, 0.6) is 0 Å². The maximum absolute atomic E-state index is 5.78. The largest absolute Gasteiger partial charge is 0.375 e. The topological polar surface area (TPSA) is 21.3 Å². The van der Waals surface area contributed by atoms with Crippen LogP contribution in [0.3, 0.4) is 0 Å². The van der Waals surface area contributed by atoms with Gasteiger partial charge in [0.05, 0.1) is 5.60 Å². The summed E-state index contributed by atoms with van der Waals surface area (Å²) in [5, 5.41) is 3.74. The first kappa shape index (κ1) is 13.1. The Morgan fingerprint density at radius 2 is 2.00 bits per heavy atom. The summed E-state index contributed by atoms with van der Waals surface area (Å²) in [5.41, 5.74) is 3.10. The van der Waals surface area contributed by atoms with Crippen molar-refractivity contribution in [1.29, 1.82) is 0 Å². The van der Waals surface area contributed by atoms with Gasteiger partial charge in [-0.15, -0.1) is 0 Å². The van der Waals surface area contributed by atoms with Gasteiger partial charge in [-0.25, -0.2) is 0 Å². The first-order valence-corrected chi connectivity index (χ1v) is 7.59. The van der Waals surface area contributed by atoms with Crippen molar-refractivity contribution in [3.8, 4) is 0 Å². The van der Waals surface area contributed by atoms with Crippen molar-refractivity contribution in [3.05, 3.63) is 35.4 Å². The molecule has 0 aromatic heterocycles. The summed E-state index contributed by atoms with van der Waals surface area (Å²) >= 11 is 0. The Bertz CT molecular complexity index is 437. The Kier molecular flexibility index (Phi) is 3.64. The first-order valence-electron chi connectivity index (χ1n) is 7.59. The van der Waals surface area contributed by atoms with Crippen molar-refractivity contribution in [1.82, 2.24) is 5.32 Å². The highest BCUT2D eigenvalue weighted by atomic mass is 16.5. The minimum absolute atomic E-state index is 0.0337. The Balaban J connectivity index is 1.60. The standard InChI is InChI=1S/C17H25NO/c1-17(2)11-15(9-10-19-17)18-12-14-5-3-4-6-16(14)13-7-8-13/h3-6,13,15,18H,7-12H2,1-2H3. The van der Waals surface area contributed by atoms with Gasteiger partial charge in [-0.2, -0.15) is 0 Å². The molecule has 1 aliphatic heterocycles. The Morgan fingerprint density at radius 1 is 1.21 bits per heavy atom. The summed E-state index contributed by atoms with van der Waals surface area (Å²) < 4.78 is 5.78. The zero-order chi connectivity index (χ0) is 13.3. The molecule has 1 heterocycles. The van der Waals surface area contributed by atoms with Crippen LogP contribution in [0.4, 0.5) is 0 Å². The summed E-state index contributed by atoms with van der Waals surface area (Å²) in [4.78, 5) is 0. The van der Waals surface area contributed by atoms with Gasteiger partial charge in [0.1, 0.15) is 0 Å². The monoisotopic (exact) mass is 259 g/mol. The Hall–Kier alpha value is -0.860. The van der Waals surface area contributed by atoms with Crippen LogP contribution in [-0.2, 0) is 11.3 Å². The second kappa shape index (κ2) is 5.26. The molecular weight excluding hydrogens is 234 g/mol. The maximum atomic E-state index is 5.78. The molecule has 1 saturated carbocycles. The average molecular weight is 259 g/mol. The Labute approximate surface area is 116 Å². The third-order valence-corrected chi connectivity index (χ3v) is 4.35. The molecule has 104 valence electrons. The summed E-state index contributed by atoms with van der Waals surface area (Å²) in [6.07, 6.45) is 5.00. The molecule has 0 bridgehead atoms. The van der Waals surface area contributed by atoms with Crippen molar-refractivity contribution in [2.45, 2.75) is 63.6 Å². The number of nitrogens with one attached hydrogen (secondary N) is 1. The molecule has 19 heavy (non-hydrogen) atoms. The van der Waals surface area contributed by atoms with Gasteiger partial charge in [0.25, 0.3) is 0 Å². The van der Waals surface area contributed by atoms with Gasteiger partial charge in [-0.05, 0) is 56.6 Å². The molecule has 1 aromatic carbocycles. The number of hydrogen-bond donors (Lipinski definition) is 1. The number of hydrogen-bond acceptors (Lipinski definition) is 2. The van der Waals surface area contributed by atoms with Crippen molar-refractivity contribution in [2.24, 2.45) is 0 Å². The summed E-state index contributed by atoms with van der Waals surface area (Å²) in [6, 6.07) is 9.52. The van der Waals surface area contributed by atoms with E-state index >= 15 is 0 Å². The fourth-order valence-electron chi connectivity index (χ4n) is 3.15. The van der Waals surface area contributed by atoms with Crippen LogP contribution >= 0.6 is 0 Å². The minimum atomic E-state index is 0.0337. The van der Waals surface area contributed by atoms with Crippen molar-refractivity contribution >= 4 is 0 Å². The molecule has 2 aliphatic rings. The lowest BCUT2D eigenvalue weighted by Gasteiger charge is -2.36. The molecule has 1 N–H and O–H groups in total. The zero-order valence-electron chi connectivity index (χ0n) is 12.1. The number of ether oxygens (including phenoxy) is 1. The van der Waals surface area contributed by atoms with Crippen LogP contribution < -0.4 is 5.32 Å². The molecule has 1 atom stereocenters. The van der Waals surface area contributed by atoms with Gasteiger partial charge in [0.2, 0.25) is 0 Å². The number of rotatable bonds is 4. The summed E-state index contributed by atoms with van der Waals surface area (Å²) in [5.74, 6) is 0.837. The second-order valence-electron chi connectivity index (χ2n) is 6.65. The van der Waals surface area contributed by atoms with Crippen LogP contribution in [0.1, 0.15) is 56.6 Å². The van der Waals surface area contributed by atoms with E-state index in [9.17, 15) is 0 Å². The van der Waals surface area contributed by atoms with Crippen LogP contribution in [-0.4, -0.2) is 18.2 Å². The van der Waals surface area contributed by atoms with Crippen LogP contribution in [0.15, 0.2) is 24.3 Å². The van der Waals surface area contributed by atoms with Crippen LogP contribution in [0, 0.1) is 0 Å². The van der Waals surface area contributed by atoms with E-state index in [0.29, 0.717) is 6.04 Å². The maximum Gasteiger partial charge on any atom is 0.0641 e. The first-order chi connectivity index (χ1) is 9.14. The minimum Gasteiger partial charge on any atom is -0.375 e. The molecule has 2 fully saturated rings. The quantitative estimate of drug-likeness (QED) is 0.892. The van der Waals surface area contributed by atoms with Crippen LogP contribution in [0.25, 0.3) is 0 Å². The van der Waals surface area contributed by atoms with Crippen molar-refractivity contribution in [2.75, 3.05) is 6.61 Å². The predicted octanol–water partition coefficient (Wildman–Crippen LogP) is 3.61. The lowest BCUT2D eigenvalue weighted by atomic mass is 9.93. The second-order valence-corrected chi connectivity index (χ2v) is 6.65. The smallest absolute Gasteiger partial charge is 0.0641 e. The number of benzene rings is 1. The molecule has 1 unspecified atom stereocenters. The molecule has 2 heteroatoms. The zero-order valence-corrected chi connectivity index (χ0v) is 12.1. The highest BCUT2D eigenvalue weighted by molar-refractivity contribution is 5.33. The summed E-state index contributed by atoms with van der Waals surface area (Å²) in [7, 11) is 0. The fourth-order valence-corrected chi connectivity index (χ4v) is 3.15. The van der Waals surface area contributed by atoms with Crippen LogP contribution in [0.2, 0.25) is 0 Å². The lowest BCUT2D eigenvalue weighted by molar-refractivity contribution is -0.0630. The molecular formula is C17H25NO. The molecule has 0 spiro atoms. The van der Waals surface area contributed by atoms with E-state index in [0.717, 1.165) is 31.9 Å². The molecule has 1 aromatic rings. The lowest BCUT2D eigenvalue weighted by Crippen LogP contribution is -2.43. The van der Waals surface area contributed by atoms with Gasteiger partial charge in [0.15, 0.2) is 0 Å². The van der Waals surface area contributed by atoms with Gasteiger partial charge in [-0.3, -0.25) is 0 Å². The highest BCUT2D eigenvalue weighted by Gasteiger charge is 2.29. The molecule has 0 amide bonds. The fraction of sp³-hybridized carbons (Fsp3) is 0.647. The third kappa shape index (κ3) is 3.37. The molecule has 1 saturated heterocycles. The van der Waals surface area contributed by atoms with E-state index in [2.05, 4.69) is 43.4 Å². The average Bonchev–Trinajstić information content (AvgIpc) is 3.20. The van der Waals surface area contributed by atoms with Gasteiger partial charge >= 0.3 is 0 Å². The van der Waals surface area contributed by atoms with E-state index in [-0.39, 0.29) is 5.60 Å². The molecule has 3 rings (SSSR count). The van der Waals surface area contributed by atoms with Crippen molar-refractivity contribution in [3.63, 3.8) is 0 Å². The SMILES string of the molecule is CC1(C)CC(NCc2ccccc2C2CC2)CCO1. The molecule has 1 aliphatic carbocycles. The summed E-state index contributed by atoms with van der Waals surface area (Å²) in [6.45, 7) is 6.28. The predicted molar refractivity (Wildman–Crippen MR) is 78.3 cm³/mol. The molecule has 0 radical (unpaired) electrons. The van der Waals surface area contributed by atoms with Crippen molar-refractivity contribution < 1.29 is 4.74 Å². The van der Waals surface area contributed by atoms with E-state index in [1.807, 2.05) is 0 Å². The van der Waals surface area contributed by atoms with E-state index in [1.54, 1.807) is 5.56 Å². The third-order valence-electron chi connectivity index (χ3n) is 4.35. The Morgan fingerprint density at radius 3 is 2.74 bits per heavy atom.